The first-order chi connectivity index (χ1) is 12.2. The van der Waals surface area contributed by atoms with Gasteiger partial charge in [-0.2, -0.15) is 5.26 Å². The number of benzene rings is 2. The Kier molecular flexibility index (Phi) is 7.33. The van der Waals surface area contributed by atoms with Crippen molar-refractivity contribution in [1.29, 1.82) is 5.26 Å². The number of nitrogens with one attached hydrogen (secondary N) is 1. The van der Waals surface area contributed by atoms with Crippen molar-refractivity contribution in [3.05, 3.63) is 59.7 Å². The molecular formula is C20H22N2O3. The summed E-state index contributed by atoms with van der Waals surface area (Å²) in [5.74, 6) is 1.31. The standard InChI is InChI=1S/C20H22N2O3/c1-2-16-3-7-18(8-4-16)24-13-14-25-19-9-5-17(6-10-19)15-22-20(23)11-12-21/h3-10H,2,11,13-15H2,1H3,(H,22,23). The first-order valence-electron chi connectivity index (χ1n) is 8.28. The number of hydrogen-bond acceptors (Lipinski definition) is 4. The van der Waals surface area contributed by atoms with E-state index in [2.05, 4.69) is 24.4 Å². The maximum atomic E-state index is 11.2. The highest BCUT2D eigenvalue weighted by atomic mass is 16.5. The lowest BCUT2D eigenvalue weighted by Crippen LogP contribution is -2.21. The molecule has 25 heavy (non-hydrogen) atoms. The van der Waals surface area contributed by atoms with Gasteiger partial charge in [0.1, 0.15) is 31.1 Å². The molecule has 0 aliphatic rings. The van der Waals surface area contributed by atoms with Crippen LogP contribution in [-0.2, 0) is 17.8 Å². The summed E-state index contributed by atoms with van der Waals surface area (Å²) >= 11 is 0. The van der Waals surface area contributed by atoms with Gasteiger partial charge in [0.05, 0.1) is 6.07 Å². The summed E-state index contributed by atoms with van der Waals surface area (Å²) in [6, 6.07) is 17.3. The van der Waals surface area contributed by atoms with Crippen LogP contribution in [0.4, 0.5) is 0 Å². The minimum absolute atomic E-state index is 0.123. The number of rotatable bonds is 9. The zero-order valence-electron chi connectivity index (χ0n) is 14.3. The van der Waals surface area contributed by atoms with Crippen LogP contribution in [0.15, 0.2) is 48.5 Å². The third kappa shape index (κ3) is 6.56. The fourth-order valence-electron chi connectivity index (χ4n) is 2.18. The second-order valence-corrected chi connectivity index (χ2v) is 5.45. The number of nitrogens with zero attached hydrogens (tertiary/aromatic N) is 1. The second-order valence-electron chi connectivity index (χ2n) is 5.45. The third-order valence-corrected chi connectivity index (χ3v) is 3.61. The minimum atomic E-state index is -0.271. The Hall–Kier alpha value is -3.00. The molecule has 0 atom stereocenters. The van der Waals surface area contributed by atoms with E-state index >= 15 is 0 Å². The fraction of sp³-hybridized carbons (Fsp3) is 0.300. The molecule has 0 spiro atoms. The van der Waals surface area contributed by atoms with Gasteiger partial charge in [0, 0.05) is 6.54 Å². The highest BCUT2D eigenvalue weighted by Crippen LogP contribution is 2.14. The molecule has 0 saturated heterocycles. The molecule has 0 aliphatic carbocycles. The first-order valence-corrected chi connectivity index (χ1v) is 8.28. The maximum absolute atomic E-state index is 11.2. The Balaban J connectivity index is 1.68. The van der Waals surface area contributed by atoms with Gasteiger partial charge in [-0.25, -0.2) is 0 Å². The quantitative estimate of drug-likeness (QED) is 0.713. The number of carbonyl (C=O) groups excluding carboxylic acids is 1. The SMILES string of the molecule is CCc1ccc(OCCOc2ccc(CNC(=O)CC#N)cc2)cc1. The van der Waals surface area contributed by atoms with Crippen LogP contribution in [0.1, 0.15) is 24.5 Å². The summed E-state index contributed by atoms with van der Waals surface area (Å²) in [6.45, 7) is 3.44. The molecule has 0 bridgehead atoms. The summed E-state index contributed by atoms with van der Waals surface area (Å²) in [4.78, 5) is 11.2. The van der Waals surface area contributed by atoms with Gasteiger partial charge < -0.3 is 14.8 Å². The molecule has 1 amide bonds. The molecule has 130 valence electrons. The van der Waals surface area contributed by atoms with E-state index < -0.39 is 0 Å². The van der Waals surface area contributed by atoms with Gasteiger partial charge in [0.25, 0.3) is 0 Å². The van der Waals surface area contributed by atoms with Crippen LogP contribution >= 0.6 is 0 Å². The minimum Gasteiger partial charge on any atom is -0.490 e. The summed E-state index contributed by atoms with van der Waals surface area (Å²) in [5, 5.41) is 11.1. The van der Waals surface area contributed by atoms with Gasteiger partial charge in [-0.1, -0.05) is 31.2 Å². The Morgan fingerprint density at radius 2 is 1.48 bits per heavy atom. The molecular weight excluding hydrogens is 316 g/mol. The Bertz CT molecular complexity index is 703. The van der Waals surface area contributed by atoms with Crippen molar-refractivity contribution in [3.8, 4) is 17.6 Å². The molecule has 2 aromatic rings. The van der Waals surface area contributed by atoms with E-state index in [1.807, 2.05) is 42.5 Å². The number of nitriles is 1. The molecule has 0 fully saturated rings. The molecule has 0 aromatic heterocycles. The van der Waals surface area contributed by atoms with Gasteiger partial charge in [-0.05, 0) is 41.8 Å². The lowest BCUT2D eigenvalue weighted by Gasteiger charge is -2.09. The van der Waals surface area contributed by atoms with Crippen molar-refractivity contribution >= 4 is 5.91 Å². The third-order valence-electron chi connectivity index (χ3n) is 3.61. The van der Waals surface area contributed by atoms with E-state index in [9.17, 15) is 4.79 Å². The van der Waals surface area contributed by atoms with Gasteiger partial charge in [0.15, 0.2) is 0 Å². The largest absolute Gasteiger partial charge is 0.490 e. The fourth-order valence-corrected chi connectivity index (χ4v) is 2.18. The van der Waals surface area contributed by atoms with Crippen molar-refractivity contribution in [2.45, 2.75) is 26.3 Å². The lowest BCUT2D eigenvalue weighted by atomic mass is 10.2. The number of aryl methyl sites for hydroxylation is 1. The normalized spacial score (nSPS) is 9.92. The highest BCUT2D eigenvalue weighted by Gasteiger charge is 2.01. The van der Waals surface area contributed by atoms with Crippen LogP contribution in [-0.4, -0.2) is 19.1 Å². The predicted molar refractivity (Wildman–Crippen MR) is 95.3 cm³/mol. The Labute approximate surface area is 148 Å². The molecule has 0 unspecified atom stereocenters. The van der Waals surface area contributed by atoms with E-state index in [0.29, 0.717) is 19.8 Å². The Morgan fingerprint density at radius 3 is 1.96 bits per heavy atom. The Morgan fingerprint density at radius 1 is 0.960 bits per heavy atom. The molecule has 2 aromatic carbocycles. The first kappa shape index (κ1) is 18.3. The van der Waals surface area contributed by atoms with Crippen LogP contribution in [0.5, 0.6) is 11.5 Å². The molecule has 1 N–H and O–H groups in total. The van der Waals surface area contributed by atoms with Crippen molar-refractivity contribution in [1.82, 2.24) is 5.32 Å². The maximum Gasteiger partial charge on any atom is 0.234 e. The molecule has 5 nitrogen and oxygen atoms in total. The van der Waals surface area contributed by atoms with E-state index in [4.69, 9.17) is 14.7 Å². The number of carbonyl (C=O) groups is 1. The number of ether oxygens (including phenoxy) is 2. The van der Waals surface area contributed by atoms with Crippen molar-refractivity contribution in [2.24, 2.45) is 0 Å². The van der Waals surface area contributed by atoms with Gasteiger partial charge in [-0.3, -0.25) is 4.79 Å². The van der Waals surface area contributed by atoms with E-state index in [0.717, 1.165) is 23.5 Å². The van der Waals surface area contributed by atoms with E-state index in [1.54, 1.807) is 0 Å². The zero-order chi connectivity index (χ0) is 17.9. The van der Waals surface area contributed by atoms with Gasteiger partial charge >= 0.3 is 0 Å². The van der Waals surface area contributed by atoms with Crippen molar-refractivity contribution in [3.63, 3.8) is 0 Å². The molecule has 2 rings (SSSR count). The van der Waals surface area contributed by atoms with Crippen LogP contribution < -0.4 is 14.8 Å². The smallest absolute Gasteiger partial charge is 0.234 e. The predicted octanol–water partition coefficient (Wildman–Crippen LogP) is 3.24. The lowest BCUT2D eigenvalue weighted by molar-refractivity contribution is -0.120. The average Bonchev–Trinajstić information content (AvgIpc) is 2.65. The average molecular weight is 338 g/mol. The van der Waals surface area contributed by atoms with E-state index in [1.165, 1.54) is 5.56 Å². The summed E-state index contributed by atoms with van der Waals surface area (Å²) in [5.41, 5.74) is 2.23. The van der Waals surface area contributed by atoms with Gasteiger partial charge in [0.2, 0.25) is 5.91 Å². The van der Waals surface area contributed by atoms with Crippen molar-refractivity contribution < 1.29 is 14.3 Å². The van der Waals surface area contributed by atoms with Gasteiger partial charge in [-0.15, -0.1) is 0 Å². The number of hydrogen-bond donors (Lipinski definition) is 1. The summed E-state index contributed by atoms with van der Waals surface area (Å²) in [6.07, 6.45) is 0.893. The molecule has 0 heterocycles. The van der Waals surface area contributed by atoms with Crippen LogP contribution in [0.25, 0.3) is 0 Å². The van der Waals surface area contributed by atoms with E-state index in [-0.39, 0.29) is 12.3 Å². The summed E-state index contributed by atoms with van der Waals surface area (Å²) < 4.78 is 11.3. The monoisotopic (exact) mass is 338 g/mol. The second kappa shape index (κ2) is 9.99. The molecule has 0 aliphatic heterocycles. The molecule has 5 heteroatoms. The van der Waals surface area contributed by atoms with Crippen LogP contribution in [0.2, 0.25) is 0 Å². The molecule has 0 radical (unpaired) electrons. The highest BCUT2D eigenvalue weighted by molar-refractivity contribution is 5.77. The zero-order valence-corrected chi connectivity index (χ0v) is 14.3. The van der Waals surface area contributed by atoms with Crippen LogP contribution in [0.3, 0.4) is 0 Å². The number of amides is 1. The van der Waals surface area contributed by atoms with Crippen molar-refractivity contribution in [2.75, 3.05) is 13.2 Å². The summed E-state index contributed by atoms with van der Waals surface area (Å²) in [7, 11) is 0. The molecule has 0 saturated carbocycles. The topological polar surface area (TPSA) is 71.3 Å². The van der Waals surface area contributed by atoms with Crippen LogP contribution in [0, 0.1) is 11.3 Å².